The van der Waals surface area contributed by atoms with Gasteiger partial charge in [-0.3, -0.25) is 0 Å². The minimum Gasteiger partial charge on any atom is -0.356 e. The highest BCUT2D eigenvalue weighted by Gasteiger charge is 2.20. The van der Waals surface area contributed by atoms with E-state index in [-0.39, 0.29) is 17.4 Å². The summed E-state index contributed by atoms with van der Waals surface area (Å²) >= 11 is 0. The van der Waals surface area contributed by atoms with Gasteiger partial charge in [-0.1, -0.05) is 35.5 Å². The van der Waals surface area contributed by atoms with E-state index in [9.17, 15) is 12.8 Å². The Morgan fingerprint density at radius 1 is 1.13 bits per heavy atom. The minimum absolute atomic E-state index is 0. The van der Waals surface area contributed by atoms with Gasteiger partial charge in [0.1, 0.15) is 11.5 Å². The monoisotopic (exact) mass is 461 g/mol. The lowest BCUT2D eigenvalue weighted by molar-refractivity contribution is 0.457. The molecule has 4 rings (SSSR count). The van der Waals surface area contributed by atoms with Gasteiger partial charge in [0, 0.05) is 41.4 Å². The third-order valence-corrected chi connectivity index (χ3v) is 6.01. The number of benzene rings is 2. The number of hydrogen-bond donors (Lipinski definition) is 1. The number of fused-ring (bicyclic) bond motifs is 1. The zero-order valence-electron chi connectivity index (χ0n) is 16.9. The zero-order valence-corrected chi connectivity index (χ0v) is 18.5. The van der Waals surface area contributed by atoms with Crippen molar-refractivity contribution in [3.05, 3.63) is 77.2 Å². The first-order chi connectivity index (χ1) is 14.2. The van der Waals surface area contributed by atoms with E-state index in [1.807, 2.05) is 31.2 Å². The third kappa shape index (κ3) is 4.61. The van der Waals surface area contributed by atoms with E-state index >= 15 is 0 Å². The van der Waals surface area contributed by atoms with Crippen LogP contribution in [0.1, 0.15) is 22.9 Å². The van der Waals surface area contributed by atoms with Crippen molar-refractivity contribution in [2.24, 2.45) is 5.73 Å². The SMILES string of the molecule is Cc1ccc(S(C)(=O)=O)nc1CC(N)c1ccccc1-c1noc2cc(F)ccc12.Cl. The van der Waals surface area contributed by atoms with Crippen molar-refractivity contribution in [2.75, 3.05) is 6.26 Å². The predicted molar refractivity (Wildman–Crippen MR) is 119 cm³/mol. The van der Waals surface area contributed by atoms with Gasteiger partial charge in [-0.15, -0.1) is 12.4 Å². The quantitative estimate of drug-likeness (QED) is 0.472. The summed E-state index contributed by atoms with van der Waals surface area (Å²) in [5.74, 6) is -0.400. The molecular weight excluding hydrogens is 441 g/mol. The zero-order chi connectivity index (χ0) is 21.5. The molecule has 9 heteroatoms. The summed E-state index contributed by atoms with van der Waals surface area (Å²) in [6.45, 7) is 1.87. The van der Waals surface area contributed by atoms with Crippen LogP contribution in [-0.2, 0) is 16.3 Å². The molecule has 2 heterocycles. The number of hydrogen-bond acceptors (Lipinski definition) is 6. The Balaban J connectivity index is 0.00000272. The summed E-state index contributed by atoms with van der Waals surface area (Å²) in [5, 5.41) is 4.83. The molecule has 1 atom stereocenters. The van der Waals surface area contributed by atoms with E-state index in [1.165, 1.54) is 18.2 Å². The topological polar surface area (TPSA) is 99.1 Å². The predicted octanol–water partition coefficient (Wildman–Crippen LogP) is 4.41. The molecule has 0 saturated carbocycles. The van der Waals surface area contributed by atoms with Crippen molar-refractivity contribution >= 4 is 33.2 Å². The van der Waals surface area contributed by atoms with Gasteiger partial charge in [0.2, 0.25) is 0 Å². The molecule has 2 aromatic heterocycles. The maximum absolute atomic E-state index is 13.5. The lowest BCUT2D eigenvalue weighted by Gasteiger charge is -2.17. The molecule has 2 aromatic carbocycles. The molecule has 0 fully saturated rings. The normalized spacial score (nSPS) is 12.5. The second-order valence-corrected chi connectivity index (χ2v) is 9.22. The van der Waals surface area contributed by atoms with Crippen LogP contribution in [0.25, 0.3) is 22.2 Å². The van der Waals surface area contributed by atoms with Crippen LogP contribution in [0.15, 0.2) is 64.1 Å². The van der Waals surface area contributed by atoms with Crippen molar-refractivity contribution in [3.63, 3.8) is 0 Å². The van der Waals surface area contributed by atoms with Gasteiger partial charge in [0.05, 0.1) is 0 Å². The summed E-state index contributed by atoms with van der Waals surface area (Å²) < 4.78 is 42.5. The Morgan fingerprint density at radius 3 is 2.61 bits per heavy atom. The van der Waals surface area contributed by atoms with Gasteiger partial charge in [-0.25, -0.2) is 17.8 Å². The molecule has 0 bridgehead atoms. The Kier molecular flexibility index (Phi) is 6.45. The van der Waals surface area contributed by atoms with E-state index < -0.39 is 21.7 Å². The molecule has 0 aliphatic heterocycles. The highest BCUT2D eigenvalue weighted by molar-refractivity contribution is 7.90. The van der Waals surface area contributed by atoms with Gasteiger partial charge >= 0.3 is 0 Å². The van der Waals surface area contributed by atoms with Crippen LogP contribution in [0.5, 0.6) is 0 Å². The summed E-state index contributed by atoms with van der Waals surface area (Å²) in [4.78, 5) is 4.32. The summed E-state index contributed by atoms with van der Waals surface area (Å²) in [6.07, 6.45) is 1.47. The van der Waals surface area contributed by atoms with E-state index in [2.05, 4.69) is 10.1 Å². The van der Waals surface area contributed by atoms with Crippen molar-refractivity contribution in [1.29, 1.82) is 0 Å². The van der Waals surface area contributed by atoms with Crippen LogP contribution in [0, 0.1) is 12.7 Å². The van der Waals surface area contributed by atoms with E-state index in [0.717, 1.165) is 22.9 Å². The molecule has 2 N–H and O–H groups in total. The van der Waals surface area contributed by atoms with Gasteiger partial charge in [0.25, 0.3) is 0 Å². The van der Waals surface area contributed by atoms with Crippen molar-refractivity contribution in [1.82, 2.24) is 10.1 Å². The minimum atomic E-state index is -3.42. The number of nitrogens with zero attached hydrogens (tertiary/aromatic N) is 2. The van der Waals surface area contributed by atoms with Gasteiger partial charge in [-0.2, -0.15) is 0 Å². The fourth-order valence-corrected chi connectivity index (χ4v) is 4.02. The number of nitrogens with two attached hydrogens (primary N) is 1. The van der Waals surface area contributed by atoms with Crippen molar-refractivity contribution in [3.8, 4) is 11.3 Å². The molecular formula is C22H21ClFN3O3S. The van der Waals surface area contributed by atoms with Gasteiger partial charge in [0.15, 0.2) is 20.4 Å². The molecule has 0 saturated heterocycles. The van der Waals surface area contributed by atoms with Crippen molar-refractivity contribution < 1.29 is 17.3 Å². The summed E-state index contributed by atoms with van der Waals surface area (Å²) in [7, 11) is -3.42. The van der Waals surface area contributed by atoms with Crippen LogP contribution < -0.4 is 5.73 Å². The van der Waals surface area contributed by atoms with Gasteiger partial charge < -0.3 is 10.3 Å². The standard InChI is InChI=1S/C22H20FN3O3S.ClH/c1-13-7-10-21(30(2,27)28)25-19(13)12-18(24)15-5-3-4-6-16(15)22-17-9-8-14(23)11-20(17)29-26-22;/h3-11,18H,12,24H2,1-2H3;1H. The maximum Gasteiger partial charge on any atom is 0.192 e. The van der Waals surface area contributed by atoms with Gasteiger partial charge in [-0.05, 0) is 36.2 Å². The van der Waals surface area contributed by atoms with Crippen LogP contribution >= 0.6 is 12.4 Å². The average Bonchev–Trinajstić information content (AvgIpc) is 3.11. The fraction of sp³-hybridized carbons (Fsp3) is 0.182. The number of sulfone groups is 1. The second kappa shape index (κ2) is 8.74. The molecule has 0 spiro atoms. The van der Waals surface area contributed by atoms with Crippen LogP contribution in [0.2, 0.25) is 0 Å². The van der Waals surface area contributed by atoms with E-state index in [1.54, 1.807) is 12.1 Å². The second-order valence-electron chi connectivity index (χ2n) is 7.25. The molecule has 0 radical (unpaired) electrons. The van der Waals surface area contributed by atoms with E-state index in [0.29, 0.717) is 28.8 Å². The smallest absolute Gasteiger partial charge is 0.192 e. The largest absolute Gasteiger partial charge is 0.356 e. The summed E-state index contributed by atoms with van der Waals surface area (Å²) in [6, 6.07) is 14.5. The lowest BCUT2D eigenvalue weighted by atomic mass is 9.93. The Morgan fingerprint density at radius 2 is 1.87 bits per heavy atom. The highest BCUT2D eigenvalue weighted by atomic mass is 35.5. The van der Waals surface area contributed by atoms with Crippen LogP contribution in [-0.4, -0.2) is 24.8 Å². The van der Waals surface area contributed by atoms with Crippen LogP contribution in [0.3, 0.4) is 0 Å². The Hall–Kier alpha value is -2.81. The maximum atomic E-state index is 13.5. The number of pyridine rings is 1. The molecule has 162 valence electrons. The lowest BCUT2D eigenvalue weighted by Crippen LogP contribution is -2.17. The number of halogens is 2. The first-order valence-corrected chi connectivity index (χ1v) is 11.2. The first kappa shape index (κ1) is 22.9. The first-order valence-electron chi connectivity index (χ1n) is 9.30. The summed E-state index contributed by atoms with van der Waals surface area (Å²) in [5.41, 5.74) is 10.5. The third-order valence-electron chi connectivity index (χ3n) is 5.02. The van der Waals surface area contributed by atoms with Crippen molar-refractivity contribution in [2.45, 2.75) is 24.4 Å². The Labute approximate surface area is 185 Å². The number of rotatable bonds is 5. The fourth-order valence-electron chi connectivity index (χ4n) is 3.42. The number of aromatic nitrogens is 2. The molecule has 0 aliphatic carbocycles. The molecule has 0 aliphatic rings. The molecule has 1 unspecified atom stereocenters. The molecule has 0 amide bonds. The average molecular weight is 462 g/mol. The Bertz CT molecular complexity index is 1360. The van der Waals surface area contributed by atoms with E-state index in [4.69, 9.17) is 10.3 Å². The molecule has 4 aromatic rings. The molecule has 6 nitrogen and oxygen atoms in total. The van der Waals surface area contributed by atoms with Crippen LogP contribution in [0.4, 0.5) is 4.39 Å². The highest BCUT2D eigenvalue weighted by Crippen LogP contribution is 2.33. The molecule has 31 heavy (non-hydrogen) atoms. The number of aryl methyl sites for hydroxylation is 1.